The van der Waals surface area contributed by atoms with E-state index in [2.05, 4.69) is 15.9 Å². The third kappa shape index (κ3) is 3.45. The number of halogens is 2. The summed E-state index contributed by atoms with van der Waals surface area (Å²) in [7, 11) is 0. The number of primary amides is 1. The molecule has 0 bridgehead atoms. The molecule has 1 rings (SSSR count). The number of carbonyl (C=O) groups excluding carboxylic acids is 1. The van der Waals surface area contributed by atoms with E-state index < -0.39 is 22.7 Å². The van der Waals surface area contributed by atoms with Crippen LogP contribution in [0.5, 0.6) is 5.75 Å². The van der Waals surface area contributed by atoms with E-state index in [4.69, 9.17) is 10.5 Å². The first-order valence-electron chi connectivity index (χ1n) is 5.68. The maximum absolute atomic E-state index is 12.9. The summed E-state index contributed by atoms with van der Waals surface area (Å²) < 4.78 is 18.7. The van der Waals surface area contributed by atoms with E-state index in [1.54, 1.807) is 20.8 Å². The fourth-order valence-corrected chi connectivity index (χ4v) is 1.90. The van der Waals surface area contributed by atoms with E-state index >= 15 is 0 Å². The lowest BCUT2D eigenvalue weighted by atomic mass is 9.76. The Balaban J connectivity index is 2.92. The Labute approximate surface area is 119 Å². The van der Waals surface area contributed by atoms with E-state index in [1.165, 1.54) is 18.2 Å². The van der Waals surface area contributed by atoms with Gasteiger partial charge in [-0.15, -0.1) is 0 Å². The molecule has 3 N–H and O–H groups in total. The van der Waals surface area contributed by atoms with Gasteiger partial charge in [0.25, 0.3) is 5.91 Å². The van der Waals surface area contributed by atoms with Gasteiger partial charge in [0.2, 0.25) is 0 Å². The predicted octanol–water partition coefficient (Wildman–Crippen LogP) is 2.23. The summed E-state index contributed by atoms with van der Waals surface area (Å²) in [6.45, 7) is 4.73. The van der Waals surface area contributed by atoms with Crippen molar-refractivity contribution in [3.63, 3.8) is 0 Å². The first kappa shape index (κ1) is 15.9. The van der Waals surface area contributed by atoms with E-state index in [-0.39, 0.29) is 6.61 Å². The Bertz CT molecular complexity index is 487. The molecular formula is C13H17BrFNO3. The molecule has 0 aromatic heterocycles. The number of ether oxygens (including phenoxy) is 1. The molecule has 0 aliphatic carbocycles. The average Bonchev–Trinajstić information content (AvgIpc) is 2.25. The van der Waals surface area contributed by atoms with Crippen LogP contribution in [0.2, 0.25) is 0 Å². The summed E-state index contributed by atoms with van der Waals surface area (Å²) in [4.78, 5) is 11.4. The van der Waals surface area contributed by atoms with E-state index in [0.717, 1.165) is 0 Å². The fourth-order valence-electron chi connectivity index (χ4n) is 1.43. The zero-order chi connectivity index (χ0) is 14.8. The summed E-state index contributed by atoms with van der Waals surface area (Å²) in [5, 5.41) is 10.3. The van der Waals surface area contributed by atoms with Crippen LogP contribution in [0.4, 0.5) is 4.39 Å². The molecule has 0 saturated heterocycles. The first-order chi connectivity index (χ1) is 8.58. The van der Waals surface area contributed by atoms with Gasteiger partial charge in [0.15, 0.2) is 5.60 Å². The number of carbonyl (C=O) groups is 1. The van der Waals surface area contributed by atoms with Gasteiger partial charge in [0.1, 0.15) is 18.2 Å². The summed E-state index contributed by atoms with van der Waals surface area (Å²) in [6, 6.07) is 3.86. The van der Waals surface area contributed by atoms with Crippen molar-refractivity contribution >= 4 is 21.8 Å². The highest BCUT2D eigenvalue weighted by molar-refractivity contribution is 9.10. The Morgan fingerprint density at radius 1 is 1.47 bits per heavy atom. The Kier molecular flexibility index (Phi) is 4.58. The molecule has 1 aromatic rings. The highest BCUT2D eigenvalue weighted by Gasteiger charge is 2.46. The molecule has 1 unspecified atom stereocenters. The van der Waals surface area contributed by atoms with Crippen LogP contribution in [0, 0.1) is 11.2 Å². The van der Waals surface area contributed by atoms with Crippen LogP contribution in [0.25, 0.3) is 0 Å². The van der Waals surface area contributed by atoms with Crippen LogP contribution < -0.4 is 10.5 Å². The third-order valence-electron chi connectivity index (χ3n) is 2.98. The molecule has 1 aromatic carbocycles. The van der Waals surface area contributed by atoms with Crippen molar-refractivity contribution in [2.75, 3.05) is 6.61 Å². The van der Waals surface area contributed by atoms with Gasteiger partial charge in [-0.05, 0) is 34.1 Å². The van der Waals surface area contributed by atoms with Crippen LogP contribution >= 0.6 is 15.9 Å². The summed E-state index contributed by atoms with van der Waals surface area (Å²) in [5.74, 6) is -0.955. The van der Waals surface area contributed by atoms with Crippen molar-refractivity contribution in [3.8, 4) is 5.75 Å². The molecule has 0 saturated carbocycles. The largest absolute Gasteiger partial charge is 0.489 e. The van der Waals surface area contributed by atoms with Crippen molar-refractivity contribution < 1.29 is 19.0 Å². The van der Waals surface area contributed by atoms with Crippen LogP contribution in [0.3, 0.4) is 0 Å². The van der Waals surface area contributed by atoms with Crippen molar-refractivity contribution in [3.05, 3.63) is 28.5 Å². The zero-order valence-electron chi connectivity index (χ0n) is 11.0. The molecule has 1 amide bonds. The van der Waals surface area contributed by atoms with Crippen molar-refractivity contribution in [2.45, 2.75) is 26.4 Å². The standard InChI is InChI=1S/C13H17BrFNO3/c1-12(2,3)13(18,11(16)17)7-19-10-5-4-8(15)6-9(10)14/h4-6,18H,7H2,1-3H3,(H2,16,17). The average molecular weight is 334 g/mol. The lowest BCUT2D eigenvalue weighted by Crippen LogP contribution is -2.57. The Morgan fingerprint density at radius 3 is 2.47 bits per heavy atom. The van der Waals surface area contributed by atoms with Crippen LogP contribution in [-0.2, 0) is 4.79 Å². The van der Waals surface area contributed by atoms with Gasteiger partial charge in [-0.3, -0.25) is 4.79 Å². The predicted molar refractivity (Wildman–Crippen MR) is 73.2 cm³/mol. The second kappa shape index (κ2) is 5.46. The molecule has 0 aliphatic heterocycles. The van der Waals surface area contributed by atoms with Gasteiger partial charge in [-0.1, -0.05) is 20.8 Å². The molecule has 0 heterocycles. The van der Waals surface area contributed by atoms with E-state index in [1.807, 2.05) is 0 Å². The minimum atomic E-state index is -1.82. The van der Waals surface area contributed by atoms with Crippen molar-refractivity contribution in [1.82, 2.24) is 0 Å². The number of benzene rings is 1. The number of hydrogen-bond donors (Lipinski definition) is 2. The lowest BCUT2D eigenvalue weighted by Gasteiger charge is -2.36. The summed E-state index contributed by atoms with van der Waals surface area (Å²) in [6.07, 6.45) is 0. The number of nitrogens with two attached hydrogens (primary N) is 1. The quantitative estimate of drug-likeness (QED) is 0.887. The molecular weight excluding hydrogens is 317 g/mol. The van der Waals surface area contributed by atoms with Crippen LogP contribution in [-0.4, -0.2) is 23.2 Å². The smallest absolute Gasteiger partial charge is 0.253 e. The first-order valence-corrected chi connectivity index (χ1v) is 6.47. The van der Waals surface area contributed by atoms with E-state index in [9.17, 15) is 14.3 Å². The highest BCUT2D eigenvalue weighted by Crippen LogP contribution is 2.32. The minimum absolute atomic E-state index is 0.309. The van der Waals surface area contributed by atoms with Crippen LogP contribution in [0.15, 0.2) is 22.7 Å². The molecule has 0 spiro atoms. The Hall–Kier alpha value is -1.14. The molecule has 0 radical (unpaired) electrons. The second-order valence-electron chi connectivity index (χ2n) is 5.34. The summed E-state index contributed by atoms with van der Waals surface area (Å²) in [5.41, 5.74) is 2.64. The van der Waals surface area contributed by atoms with Gasteiger partial charge in [0.05, 0.1) is 4.47 Å². The van der Waals surface area contributed by atoms with Gasteiger partial charge in [0, 0.05) is 5.41 Å². The maximum Gasteiger partial charge on any atom is 0.253 e. The van der Waals surface area contributed by atoms with E-state index in [0.29, 0.717) is 10.2 Å². The molecule has 106 valence electrons. The third-order valence-corrected chi connectivity index (χ3v) is 3.60. The monoisotopic (exact) mass is 333 g/mol. The van der Waals surface area contributed by atoms with Gasteiger partial charge in [-0.2, -0.15) is 0 Å². The second-order valence-corrected chi connectivity index (χ2v) is 6.19. The number of hydrogen-bond acceptors (Lipinski definition) is 3. The molecule has 4 nitrogen and oxygen atoms in total. The number of amides is 1. The SMILES string of the molecule is CC(C)(C)C(O)(COc1ccc(F)cc1Br)C(N)=O. The number of aliphatic hydroxyl groups is 1. The van der Waals surface area contributed by atoms with Crippen molar-refractivity contribution in [2.24, 2.45) is 11.1 Å². The maximum atomic E-state index is 12.9. The fraction of sp³-hybridized carbons (Fsp3) is 0.462. The molecule has 6 heteroatoms. The molecule has 0 fully saturated rings. The van der Waals surface area contributed by atoms with Gasteiger partial charge >= 0.3 is 0 Å². The van der Waals surface area contributed by atoms with Crippen LogP contribution in [0.1, 0.15) is 20.8 Å². The minimum Gasteiger partial charge on any atom is -0.489 e. The van der Waals surface area contributed by atoms with Crippen molar-refractivity contribution in [1.29, 1.82) is 0 Å². The molecule has 0 aliphatic rings. The Morgan fingerprint density at radius 2 is 2.05 bits per heavy atom. The van der Waals surface area contributed by atoms with Gasteiger partial charge < -0.3 is 15.6 Å². The molecule has 1 atom stereocenters. The molecule has 19 heavy (non-hydrogen) atoms. The zero-order valence-corrected chi connectivity index (χ0v) is 12.6. The van der Waals surface area contributed by atoms with Gasteiger partial charge in [-0.25, -0.2) is 4.39 Å². The number of rotatable bonds is 4. The summed E-state index contributed by atoms with van der Waals surface area (Å²) >= 11 is 3.14. The highest BCUT2D eigenvalue weighted by atomic mass is 79.9. The lowest BCUT2D eigenvalue weighted by molar-refractivity contribution is -0.154. The normalized spacial score (nSPS) is 14.8. The topological polar surface area (TPSA) is 72.6 Å².